The third-order valence-electron chi connectivity index (χ3n) is 2.74. The zero-order chi connectivity index (χ0) is 12.0. The van der Waals surface area contributed by atoms with Crippen LogP contribution in [0.1, 0.15) is 55.5 Å². The van der Waals surface area contributed by atoms with Crippen molar-refractivity contribution in [2.45, 2.75) is 52.4 Å². The summed E-state index contributed by atoms with van der Waals surface area (Å²) in [6.07, 6.45) is 6.84. The van der Waals surface area contributed by atoms with Crippen LogP contribution in [0.25, 0.3) is 0 Å². The van der Waals surface area contributed by atoms with Crippen molar-refractivity contribution in [2.24, 2.45) is 0 Å². The zero-order valence-corrected chi connectivity index (χ0v) is 11.0. The summed E-state index contributed by atoms with van der Waals surface area (Å²) in [5, 5.41) is 9.79. The molecule has 16 heavy (non-hydrogen) atoms. The van der Waals surface area contributed by atoms with E-state index in [0.717, 1.165) is 24.8 Å². The fraction of sp³-hybridized carbons (Fsp3) is 0.615. The van der Waals surface area contributed by atoms with E-state index >= 15 is 0 Å². The first-order chi connectivity index (χ1) is 7.74. The number of unbranched alkanes of at least 4 members (excludes halogenated alkanes) is 2. The molecule has 0 atom stereocenters. The number of nitriles is 1. The molecule has 88 valence electrons. The monoisotopic (exact) mass is 236 g/mol. The summed E-state index contributed by atoms with van der Waals surface area (Å²) in [4.78, 5) is 1.34. The number of hydrogen-bond donors (Lipinski definition) is 1. The fourth-order valence-corrected chi connectivity index (χ4v) is 3.02. The summed E-state index contributed by atoms with van der Waals surface area (Å²) >= 11 is 1.61. The predicted molar refractivity (Wildman–Crippen MR) is 70.7 cm³/mol. The molecule has 2 N–H and O–H groups in total. The largest absolute Gasteiger partial charge is 0.389 e. The molecule has 0 bridgehead atoms. The van der Waals surface area contributed by atoms with Crippen molar-refractivity contribution in [3.8, 4) is 6.07 Å². The lowest BCUT2D eigenvalue weighted by molar-refractivity contribution is 0.718. The Kier molecular flexibility index (Phi) is 5.34. The Hall–Kier alpha value is -1.01. The Morgan fingerprint density at radius 1 is 1.19 bits per heavy atom. The van der Waals surface area contributed by atoms with E-state index in [1.165, 1.54) is 29.7 Å². The number of nitrogens with zero attached hydrogens (tertiary/aromatic N) is 1. The second kappa shape index (κ2) is 6.55. The Labute approximate surface area is 102 Å². The number of anilines is 1. The van der Waals surface area contributed by atoms with Gasteiger partial charge in [-0.1, -0.05) is 33.1 Å². The van der Waals surface area contributed by atoms with Crippen LogP contribution in [0.3, 0.4) is 0 Å². The number of nitrogen functional groups attached to an aromatic ring is 1. The van der Waals surface area contributed by atoms with E-state index in [1.54, 1.807) is 11.3 Å². The summed E-state index contributed by atoms with van der Waals surface area (Å²) in [6, 6.07) is 2.24. The first-order valence-electron chi connectivity index (χ1n) is 6.04. The molecule has 2 nitrogen and oxygen atoms in total. The average Bonchev–Trinajstić information content (AvgIpc) is 2.56. The molecule has 0 fully saturated rings. The lowest BCUT2D eigenvalue weighted by atomic mass is 10.0. The smallest absolute Gasteiger partial charge is 0.104 e. The summed E-state index contributed by atoms with van der Waals surface area (Å²) in [5.41, 5.74) is 7.83. The number of aryl methyl sites for hydroxylation is 1. The van der Waals surface area contributed by atoms with Gasteiger partial charge in [0.25, 0.3) is 0 Å². The number of nitrogens with two attached hydrogens (primary N) is 1. The molecule has 0 aliphatic rings. The van der Waals surface area contributed by atoms with Crippen molar-refractivity contribution in [2.75, 3.05) is 5.73 Å². The highest BCUT2D eigenvalue weighted by atomic mass is 32.1. The molecule has 0 unspecified atom stereocenters. The van der Waals surface area contributed by atoms with Crippen LogP contribution in [0.5, 0.6) is 0 Å². The van der Waals surface area contributed by atoms with Crippen molar-refractivity contribution >= 4 is 16.3 Å². The van der Waals surface area contributed by atoms with Crippen LogP contribution in [-0.2, 0) is 12.8 Å². The van der Waals surface area contributed by atoms with E-state index < -0.39 is 0 Å². The van der Waals surface area contributed by atoms with Gasteiger partial charge in [0.1, 0.15) is 11.1 Å². The summed E-state index contributed by atoms with van der Waals surface area (Å²) in [7, 11) is 0. The van der Waals surface area contributed by atoms with Gasteiger partial charge < -0.3 is 5.73 Å². The summed E-state index contributed by atoms with van der Waals surface area (Å²) in [5.74, 6) is 0. The quantitative estimate of drug-likeness (QED) is 0.762. The highest BCUT2D eigenvalue weighted by Crippen LogP contribution is 2.32. The molecule has 0 saturated heterocycles. The molecule has 0 spiro atoms. The maximum absolute atomic E-state index is 9.09. The highest BCUT2D eigenvalue weighted by molar-refractivity contribution is 7.16. The van der Waals surface area contributed by atoms with Crippen LogP contribution in [0.2, 0.25) is 0 Å². The Morgan fingerprint density at radius 2 is 1.94 bits per heavy atom. The minimum Gasteiger partial charge on any atom is -0.389 e. The molecule has 1 heterocycles. The molecule has 0 radical (unpaired) electrons. The molecule has 1 rings (SSSR count). The van der Waals surface area contributed by atoms with Gasteiger partial charge in [-0.2, -0.15) is 5.26 Å². The van der Waals surface area contributed by atoms with Gasteiger partial charge in [-0.3, -0.25) is 0 Å². The van der Waals surface area contributed by atoms with Gasteiger partial charge in [-0.15, -0.1) is 11.3 Å². The SMILES string of the molecule is CCCCCc1sc(N)c(C#N)c1CCC. The highest BCUT2D eigenvalue weighted by Gasteiger charge is 2.14. The van der Waals surface area contributed by atoms with Gasteiger partial charge in [0, 0.05) is 4.88 Å². The number of thiophene rings is 1. The molecule has 0 saturated carbocycles. The van der Waals surface area contributed by atoms with Gasteiger partial charge in [0.15, 0.2) is 0 Å². The predicted octanol–water partition coefficient (Wildman–Crippen LogP) is 3.89. The van der Waals surface area contributed by atoms with Crippen LogP contribution >= 0.6 is 11.3 Å². The molecule has 0 aliphatic heterocycles. The first-order valence-corrected chi connectivity index (χ1v) is 6.86. The Bertz CT molecular complexity index is 374. The van der Waals surface area contributed by atoms with Gasteiger partial charge in [0.05, 0.1) is 5.56 Å². The summed E-state index contributed by atoms with van der Waals surface area (Å²) < 4.78 is 0. The van der Waals surface area contributed by atoms with E-state index in [1.807, 2.05) is 0 Å². The van der Waals surface area contributed by atoms with Crippen molar-refractivity contribution < 1.29 is 0 Å². The average molecular weight is 236 g/mol. The topological polar surface area (TPSA) is 49.8 Å². The lowest BCUT2D eigenvalue weighted by Gasteiger charge is -2.02. The molecule has 0 aromatic carbocycles. The third-order valence-corrected chi connectivity index (χ3v) is 3.86. The zero-order valence-electron chi connectivity index (χ0n) is 10.2. The van der Waals surface area contributed by atoms with Crippen LogP contribution in [0.15, 0.2) is 0 Å². The molecular formula is C13H20N2S. The number of rotatable bonds is 6. The summed E-state index contributed by atoms with van der Waals surface area (Å²) in [6.45, 7) is 4.35. The van der Waals surface area contributed by atoms with Gasteiger partial charge in [-0.05, 0) is 24.8 Å². The molecule has 0 amide bonds. The minimum absolute atomic E-state index is 0.706. The van der Waals surface area contributed by atoms with E-state index in [9.17, 15) is 0 Å². The normalized spacial score (nSPS) is 10.3. The van der Waals surface area contributed by atoms with Crippen molar-refractivity contribution in [3.63, 3.8) is 0 Å². The fourth-order valence-electron chi connectivity index (χ4n) is 1.91. The van der Waals surface area contributed by atoms with Crippen LogP contribution in [0.4, 0.5) is 5.00 Å². The second-order valence-corrected chi connectivity index (χ2v) is 5.20. The maximum Gasteiger partial charge on any atom is 0.104 e. The lowest BCUT2D eigenvalue weighted by Crippen LogP contribution is -1.93. The van der Waals surface area contributed by atoms with E-state index in [-0.39, 0.29) is 0 Å². The van der Waals surface area contributed by atoms with E-state index in [2.05, 4.69) is 19.9 Å². The molecule has 1 aromatic rings. The maximum atomic E-state index is 9.09. The van der Waals surface area contributed by atoms with Gasteiger partial charge >= 0.3 is 0 Å². The van der Waals surface area contributed by atoms with Crippen molar-refractivity contribution in [3.05, 3.63) is 16.0 Å². The standard InChI is InChI=1S/C13H20N2S/c1-3-5-6-8-12-10(7-4-2)11(9-14)13(15)16-12/h3-8,15H2,1-2H3. The molecule has 1 aromatic heterocycles. The Balaban J connectivity index is 2.86. The minimum atomic E-state index is 0.706. The van der Waals surface area contributed by atoms with Gasteiger partial charge in [-0.25, -0.2) is 0 Å². The van der Waals surface area contributed by atoms with Crippen molar-refractivity contribution in [1.82, 2.24) is 0 Å². The molecule has 3 heteroatoms. The molecular weight excluding hydrogens is 216 g/mol. The third kappa shape index (κ3) is 2.99. The Morgan fingerprint density at radius 3 is 2.50 bits per heavy atom. The number of hydrogen-bond acceptors (Lipinski definition) is 3. The van der Waals surface area contributed by atoms with Crippen LogP contribution < -0.4 is 5.73 Å². The van der Waals surface area contributed by atoms with E-state index in [0.29, 0.717) is 5.00 Å². The van der Waals surface area contributed by atoms with Crippen molar-refractivity contribution in [1.29, 1.82) is 5.26 Å². The second-order valence-electron chi connectivity index (χ2n) is 4.06. The van der Waals surface area contributed by atoms with Crippen LogP contribution in [-0.4, -0.2) is 0 Å². The van der Waals surface area contributed by atoms with Gasteiger partial charge in [0.2, 0.25) is 0 Å². The van der Waals surface area contributed by atoms with E-state index in [4.69, 9.17) is 11.0 Å². The van der Waals surface area contributed by atoms with Crippen LogP contribution in [0, 0.1) is 11.3 Å². The molecule has 0 aliphatic carbocycles. The first kappa shape index (κ1) is 13.1.